The highest BCUT2D eigenvalue weighted by atomic mass is 35.5. The summed E-state index contributed by atoms with van der Waals surface area (Å²) in [6.07, 6.45) is 0.446. The first kappa shape index (κ1) is 25.9. The van der Waals surface area contributed by atoms with Crippen LogP contribution in [-0.2, 0) is 28.3 Å². The lowest BCUT2D eigenvalue weighted by atomic mass is 10.0. The van der Waals surface area contributed by atoms with E-state index in [1.807, 2.05) is 55.5 Å². The molecule has 0 unspecified atom stereocenters. The second-order valence-electron chi connectivity index (χ2n) is 8.23. The zero-order valence-corrected chi connectivity index (χ0v) is 21.2. The van der Waals surface area contributed by atoms with E-state index >= 15 is 0 Å². The fourth-order valence-electron chi connectivity index (χ4n) is 3.70. The van der Waals surface area contributed by atoms with Crippen LogP contribution in [0.25, 0.3) is 0 Å². The predicted octanol–water partition coefficient (Wildman–Crippen LogP) is 5.66. The maximum Gasteiger partial charge on any atom is 0.243 e. The van der Waals surface area contributed by atoms with Crippen LogP contribution >= 0.6 is 23.4 Å². The Hall–Kier alpha value is -2.76. The van der Waals surface area contributed by atoms with Gasteiger partial charge in [-0.3, -0.25) is 9.59 Å². The van der Waals surface area contributed by atoms with E-state index in [0.717, 1.165) is 16.9 Å². The molecule has 0 saturated heterocycles. The van der Waals surface area contributed by atoms with Gasteiger partial charge in [0, 0.05) is 30.3 Å². The number of thioether (sulfide) groups is 1. The largest absolute Gasteiger partial charge is 0.355 e. The van der Waals surface area contributed by atoms with Crippen LogP contribution in [0.1, 0.15) is 29.2 Å². The molecule has 0 aromatic heterocycles. The van der Waals surface area contributed by atoms with Gasteiger partial charge in [-0.05, 0) is 42.7 Å². The van der Waals surface area contributed by atoms with Crippen molar-refractivity contribution in [3.63, 3.8) is 0 Å². The summed E-state index contributed by atoms with van der Waals surface area (Å²) in [5.41, 5.74) is 4.29. The number of rotatable bonds is 11. The standard InChI is InChI=1S/C28H31ClN2O2S/c1-3-30-28(33)26(17-22-8-5-4-6-9-22)31(18-24-10-7-11-25(29)16-24)27(32)20-34-19-23-14-12-21(2)13-15-23/h4-16,26H,3,17-20H2,1-2H3,(H,30,33)/t26-/m0/s1. The lowest BCUT2D eigenvalue weighted by Crippen LogP contribution is -2.51. The van der Waals surface area contributed by atoms with Crippen molar-refractivity contribution >= 4 is 35.2 Å². The molecule has 6 heteroatoms. The number of amides is 2. The third-order valence-electron chi connectivity index (χ3n) is 5.48. The van der Waals surface area contributed by atoms with Gasteiger partial charge in [0.15, 0.2) is 0 Å². The van der Waals surface area contributed by atoms with E-state index in [-0.39, 0.29) is 11.8 Å². The molecule has 0 fully saturated rings. The van der Waals surface area contributed by atoms with Crippen LogP contribution in [0.4, 0.5) is 0 Å². The van der Waals surface area contributed by atoms with Gasteiger partial charge in [0.25, 0.3) is 0 Å². The van der Waals surface area contributed by atoms with Gasteiger partial charge in [-0.2, -0.15) is 0 Å². The molecule has 3 aromatic carbocycles. The monoisotopic (exact) mass is 494 g/mol. The van der Waals surface area contributed by atoms with Crippen LogP contribution in [0.3, 0.4) is 0 Å². The number of carbonyl (C=O) groups excluding carboxylic acids is 2. The van der Waals surface area contributed by atoms with Crippen LogP contribution < -0.4 is 5.32 Å². The van der Waals surface area contributed by atoms with E-state index in [0.29, 0.717) is 30.3 Å². The molecule has 2 amide bonds. The number of nitrogens with zero attached hydrogens (tertiary/aromatic N) is 1. The van der Waals surface area contributed by atoms with E-state index < -0.39 is 6.04 Å². The van der Waals surface area contributed by atoms with Crippen LogP contribution in [-0.4, -0.2) is 35.1 Å². The SMILES string of the molecule is CCNC(=O)[C@H](Cc1ccccc1)N(Cc1cccc(Cl)c1)C(=O)CSCc1ccc(C)cc1. The molecule has 3 rings (SSSR count). The third kappa shape index (κ3) is 7.93. The molecule has 1 N–H and O–H groups in total. The van der Waals surface area contributed by atoms with Crippen molar-refractivity contribution < 1.29 is 9.59 Å². The summed E-state index contributed by atoms with van der Waals surface area (Å²) in [7, 11) is 0. The molecule has 0 aliphatic carbocycles. The van der Waals surface area contributed by atoms with Crippen molar-refractivity contribution in [3.8, 4) is 0 Å². The van der Waals surface area contributed by atoms with E-state index in [2.05, 4.69) is 36.5 Å². The van der Waals surface area contributed by atoms with E-state index in [1.54, 1.807) is 22.7 Å². The van der Waals surface area contributed by atoms with Crippen LogP contribution in [0.5, 0.6) is 0 Å². The fourth-order valence-corrected chi connectivity index (χ4v) is 4.78. The Kier molecular flexibility index (Phi) is 10.0. The molecule has 4 nitrogen and oxygen atoms in total. The lowest BCUT2D eigenvalue weighted by molar-refractivity contribution is -0.139. The second kappa shape index (κ2) is 13.2. The summed E-state index contributed by atoms with van der Waals surface area (Å²) in [6.45, 7) is 4.77. The molecule has 3 aromatic rings. The van der Waals surface area contributed by atoms with Crippen molar-refractivity contribution in [2.75, 3.05) is 12.3 Å². The number of likely N-dealkylation sites (N-methyl/N-ethyl adjacent to an activating group) is 1. The fraction of sp³-hybridized carbons (Fsp3) is 0.286. The molecule has 0 saturated carbocycles. The summed E-state index contributed by atoms with van der Waals surface area (Å²) in [5.74, 6) is 0.815. The summed E-state index contributed by atoms with van der Waals surface area (Å²) >= 11 is 7.77. The molecular weight excluding hydrogens is 464 g/mol. The van der Waals surface area contributed by atoms with Crippen LogP contribution in [0, 0.1) is 6.92 Å². The molecule has 1 atom stereocenters. The highest BCUT2D eigenvalue weighted by molar-refractivity contribution is 7.99. The second-order valence-corrected chi connectivity index (χ2v) is 9.65. The number of aryl methyl sites for hydroxylation is 1. The molecule has 34 heavy (non-hydrogen) atoms. The van der Waals surface area contributed by atoms with Gasteiger partial charge >= 0.3 is 0 Å². The van der Waals surface area contributed by atoms with Crippen LogP contribution in [0.2, 0.25) is 5.02 Å². The Balaban J connectivity index is 1.81. The van der Waals surface area contributed by atoms with E-state index in [1.165, 1.54) is 11.1 Å². The summed E-state index contributed by atoms with van der Waals surface area (Å²) < 4.78 is 0. The molecule has 0 radical (unpaired) electrons. The molecule has 0 aliphatic heterocycles. The van der Waals surface area contributed by atoms with Crippen molar-refractivity contribution in [1.82, 2.24) is 10.2 Å². The van der Waals surface area contributed by atoms with Gasteiger partial charge in [-0.25, -0.2) is 0 Å². The number of hydrogen-bond acceptors (Lipinski definition) is 3. The molecular formula is C28H31ClN2O2S. The highest BCUT2D eigenvalue weighted by Crippen LogP contribution is 2.20. The van der Waals surface area contributed by atoms with Gasteiger partial charge in [0.2, 0.25) is 11.8 Å². The minimum absolute atomic E-state index is 0.0655. The minimum atomic E-state index is -0.617. The molecule has 178 valence electrons. The van der Waals surface area contributed by atoms with Crippen molar-refractivity contribution in [3.05, 3.63) is 106 Å². The van der Waals surface area contributed by atoms with Gasteiger partial charge in [0.1, 0.15) is 6.04 Å². The number of carbonyl (C=O) groups is 2. The first-order valence-electron chi connectivity index (χ1n) is 11.4. The molecule has 0 aliphatic rings. The number of hydrogen-bond donors (Lipinski definition) is 1. The highest BCUT2D eigenvalue weighted by Gasteiger charge is 2.30. The summed E-state index contributed by atoms with van der Waals surface area (Å²) in [4.78, 5) is 28.3. The van der Waals surface area contributed by atoms with Crippen LogP contribution in [0.15, 0.2) is 78.9 Å². The normalized spacial score (nSPS) is 11.6. The lowest BCUT2D eigenvalue weighted by Gasteiger charge is -2.31. The van der Waals surface area contributed by atoms with Gasteiger partial charge in [-0.15, -0.1) is 11.8 Å². The predicted molar refractivity (Wildman–Crippen MR) is 142 cm³/mol. The number of nitrogens with one attached hydrogen (secondary N) is 1. The van der Waals surface area contributed by atoms with Crippen molar-refractivity contribution in [2.45, 2.75) is 38.6 Å². The van der Waals surface area contributed by atoms with Gasteiger partial charge in [0.05, 0.1) is 5.75 Å². The van der Waals surface area contributed by atoms with Gasteiger partial charge < -0.3 is 10.2 Å². The average molecular weight is 495 g/mol. The molecule has 0 heterocycles. The van der Waals surface area contributed by atoms with Crippen molar-refractivity contribution in [1.29, 1.82) is 0 Å². The van der Waals surface area contributed by atoms with E-state index in [9.17, 15) is 9.59 Å². The first-order chi connectivity index (χ1) is 16.5. The van der Waals surface area contributed by atoms with Crippen molar-refractivity contribution in [2.24, 2.45) is 0 Å². The maximum absolute atomic E-state index is 13.5. The maximum atomic E-state index is 13.5. The Morgan fingerprint density at radius 2 is 1.65 bits per heavy atom. The Morgan fingerprint density at radius 1 is 0.941 bits per heavy atom. The smallest absolute Gasteiger partial charge is 0.243 e. The summed E-state index contributed by atoms with van der Waals surface area (Å²) in [5, 5.41) is 3.53. The average Bonchev–Trinajstić information content (AvgIpc) is 2.83. The van der Waals surface area contributed by atoms with E-state index in [4.69, 9.17) is 11.6 Å². The third-order valence-corrected chi connectivity index (χ3v) is 6.70. The number of benzene rings is 3. The topological polar surface area (TPSA) is 49.4 Å². The van der Waals surface area contributed by atoms with Gasteiger partial charge in [-0.1, -0.05) is 83.9 Å². The zero-order valence-electron chi connectivity index (χ0n) is 19.7. The zero-order chi connectivity index (χ0) is 24.3. The summed E-state index contributed by atoms with van der Waals surface area (Å²) in [6, 6.07) is 25.0. The Labute approximate surface area is 211 Å². The molecule has 0 bridgehead atoms. The Bertz CT molecular complexity index is 1070. The number of halogens is 1. The quantitative estimate of drug-likeness (QED) is 0.374. The minimum Gasteiger partial charge on any atom is -0.355 e. The molecule has 0 spiro atoms. The first-order valence-corrected chi connectivity index (χ1v) is 13.0. The Morgan fingerprint density at radius 3 is 2.32 bits per heavy atom.